The zero-order valence-electron chi connectivity index (χ0n) is 8.04. The third-order valence-electron chi connectivity index (χ3n) is 1.99. The zero-order valence-corrected chi connectivity index (χ0v) is 8.04. The molecule has 0 saturated carbocycles. The fourth-order valence-corrected chi connectivity index (χ4v) is 1.21. The van der Waals surface area contributed by atoms with E-state index < -0.39 is 6.10 Å². The van der Waals surface area contributed by atoms with Crippen LogP contribution < -0.4 is 0 Å². The number of rotatable bonds is 5. The molecule has 0 amide bonds. The van der Waals surface area contributed by atoms with E-state index in [9.17, 15) is 9.90 Å². The minimum Gasteiger partial charge on any atom is -0.469 e. The van der Waals surface area contributed by atoms with Gasteiger partial charge in [-0.3, -0.25) is 4.79 Å². The molecule has 0 aromatic carbocycles. The minimum atomic E-state index is -0.558. The standard InChI is InChI=1S/C9H18O3/c1-4-6-7(8(10)5-2)9(11)12-3/h7-8,10H,4-6H2,1-3H3. The predicted molar refractivity (Wildman–Crippen MR) is 46.7 cm³/mol. The number of hydrogen-bond acceptors (Lipinski definition) is 3. The van der Waals surface area contributed by atoms with Crippen LogP contribution in [0.3, 0.4) is 0 Å². The summed E-state index contributed by atoms with van der Waals surface area (Å²) in [5, 5.41) is 9.45. The third kappa shape index (κ3) is 3.22. The van der Waals surface area contributed by atoms with Crippen LogP contribution in [0.4, 0.5) is 0 Å². The van der Waals surface area contributed by atoms with Gasteiger partial charge in [0.15, 0.2) is 0 Å². The predicted octanol–water partition coefficient (Wildman–Crippen LogP) is 1.35. The van der Waals surface area contributed by atoms with Gasteiger partial charge in [0.1, 0.15) is 0 Å². The highest BCUT2D eigenvalue weighted by Gasteiger charge is 2.24. The highest BCUT2D eigenvalue weighted by Crippen LogP contribution is 2.15. The van der Waals surface area contributed by atoms with Crippen LogP contribution in [0.15, 0.2) is 0 Å². The lowest BCUT2D eigenvalue weighted by Gasteiger charge is -2.18. The van der Waals surface area contributed by atoms with Crippen molar-refractivity contribution in [2.45, 2.75) is 39.2 Å². The first-order chi connectivity index (χ1) is 5.67. The monoisotopic (exact) mass is 174 g/mol. The fraction of sp³-hybridized carbons (Fsp3) is 0.889. The van der Waals surface area contributed by atoms with E-state index in [1.165, 1.54) is 7.11 Å². The molecular weight excluding hydrogens is 156 g/mol. The summed E-state index contributed by atoms with van der Waals surface area (Å²) in [5.74, 6) is -0.642. The van der Waals surface area contributed by atoms with Gasteiger partial charge in [0.2, 0.25) is 0 Å². The van der Waals surface area contributed by atoms with E-state index in [1.54, 1.807) is 0 Å². The summed E-state index contributed by atoms with van der Waals surface area (Å²) < 4.78 is 4.59. The summed E-state index contributed by atoms with van der Waals surface area (Å²) in [6.07, 6.45) is 1.62. The second-order valence-electron chi connectivity index (χ2n) is 2.89. The zero-order chi connectivity index (χ0) is 9.56. The molecule has 0 spiro atoms. The number of hydrogen-bond donors (Lipinski definition) is 1. The van der Waals surface area contributed by atoms with Gasteiger partial charge in [-0.15, -0.1) is 0 Å². The van der Waals surface area contributed by atoms with Crippen molar-refractivity contribution in [2.75, 3.05) is 7.11 Å². The third-order valence-corrected chi connectivity index (χ3v) is 1.99. The summed E-state index contributed by atoms with van der Waals surface area (Å²) >= 11 is 0. The van der Waals surface area contributed by atoms with Crippen LogP contribution in [0.25, 0.3) is 0 Å². The topological polar surface area (TPSA) is 46.5 Å². The second kappa shape index (κ2) is 6.00. The van der Waals surface area contributed by atoms with Crippen molar-refractivity contribution in [2.24, 2.45) is 5.92 Å². The van der Waals surface area contributed by atoms with Crippen molar-refractivity contribution >= 4 is 5.97 Å². The van der Waals surface area contributed by atoms with Crippen molar-refractivity contribution in [3.63, 3.8) is 0 Å². The summed E-state index contributed by atoms with van der Waals surface area (Å²) in [5.41, 5.74) is 0. The summed E-state index contributed by atoms with van der Waals surface area (Å²) in [7, 11) is 1.35. The molecule has 0 aromatic heterocycles. The van der Waals surface area contributed by atoms with Gasteiger partial charge in [0.25, 0.3) is 0 Å². The van der Waals surface area contributed by atoms with Crippen LogP contribution in [-0.2, 0) is 9.53 Å². The molecule has 0 heterocycles. The highest BCUT2D eigenvalue weighted by molar-refractivity contribution is 5.72. The molecule has 0 aliphatic heterocycles. The lowest BCUT2D eigenvalue weighted by atomic mass is 9.95. The van der Waals surface area contributed by atoms with Gasteiger partial charge in [0, 0.05) is 0 Å². The average molecular weight is 174 g/mol. The maximum absolute atomic E-state index is 11.1. The molecule has 0 saturated heterocycles. The first-order valence-electron chi connectivity index (χ1n) is 4.43. The fourth-order valence-electron chi connectivity index (χ4n) is 1.21. The van der Waals surface area contributed by atoms with Gasteiger partial charge in [-0.2, -0.15) is 0 Å². The van der Waals surface area contributed by atoms with Crippen LogP contribution in [0.5, 0.6) is 0 Å². The molecule has 0 radical (unpaired) electrons. The van der Waals surface area contributed by atoms with Gasteiger partial charge in [0.05, 0.1) is 19.1 Å². The van der Waals surface area contributed by atoms with E-state index in [0.717, 1.165) is 6.42 Å². The number of aliphatic hydroxyl groups excluding tert-OH is 1. The highest BCUT2D eigenvalue weighted by atomic mass is 16.5. The molecule has 72 valence electrons. The normalized spacial score (nSPS) is 15.3. The number of carbonyl (C=O) groups excluding carboxylic acids is 1. The van der Waals surface area contributed by atoms with Gasteiger partial charge >= 0.3 is 5.97 Å². The molecule has 0 aromatic rings. The van der Waals surface area contributed by atoms with Gasteiger partial charge in [-0.1, -0.05) is 20.3 Å². The van der Waals surface area contributed by atoms with Crippen LogP contribution >= 0.6 is 0 Å². The molecule has 3 heteroatoms. The molecular formula is C9H18O3. The van der Waals surface area contributed by atoms with E-state index in [-0.39, 0.29) is 11.9 Å². The summed E-state index contributed by atoms with van der Waals surface area (Å²) in [6.45, 7) is 3.84. The van der Waals surface area contributed by atoms with E-state index in [1.807, 2.05) is 13.8 Å². The molecule has 3 nitrogen and oxygen atoms in total. The number of ether oxygens (including phenoxy) is 1. The lowest BCUT2D eigenvalue weighted by molar-refractivity contribution is -0.149. The molecule has 2 atom stereocenters. The van der Waals surface area contributed by atoms with Crippen LogP contribution in [0.1, 0.15) is 33.1 Å². The molecule has 0 bridgehead atoms. The maximum Gasteiger partial charge on any atom is 0.311 e. The molecule has 2 unspecified atom stereocenters. The van der Waals surface area contributed by atoms with Gasteiger partial charge in [-0.05, 0) is 12.8 Å². The lowest BCUT2D eigenvalue weighted by Crippen LogP contribution is -2.28. The molecule has 1 N–H and O–H groups in total. The Hall–Kier alpha value is -0.570. The molecule has 0 aliphatic carbocycles. The Morgan fingerprint density at radius 1 is 1.50 bits per heavy atom. The number of methoxy groups -OCH3 is 1. The number of carbonyl (C=O) groups is 1. The first-order valence-corrected chi connectivity index (χ1v) is 4.43. The van der Waals surface area contributed by atoms with Crippen LogP contribution in [-0.4, -0.2) is 24.3 Å². The largest absolute Gasteiger partial charge is 0.469 e. The first kappa shape index (κ1) is 11.4. The second-order valence-corrected chi connectivity index (χ2v) is 2.89. The minimum absolute atomic E-state index is 0.300. The Kier molecular flexibility index (Phi) is 5.72. The Balaban J connectivity index is 4.11. The van der Waals surface area contributed by atoms with Gasteiger partial charge < -0.3 is 9.84 Å². The van der Waals surface area contributed by atoms with Crippen molar-refractivity contribution < 1.29 is 14.6 Å². The van der Waals surface area contributed by atoms with Gasteiger partial charge in [-0.25, -0.2) is 0 Å². The van der Waals surface area contributed by atoms with E-state index in [4.69, 9.17) is 0 Å². The Morgan fingerprint density at radius 2 is 2.08 bits per heavy atom. The molecule has 0 aliphatic rings. The van der Waals surface area contributed by atoms with Crippen molar-refractivity contribution in [1.82, 2.24) is 0 Å². The van der Waals surface area contributed by atoms with E-state index >= 15 is 0 Å². The van der Waals surface area contributed by atoms with E-state index in [2.05, 4.69) is 4.74 Å². The van der Waals surface area contributed by atoms with Crippen molar-refractivity contribution in [3.8, 4) is 0 Å². The smallest absolute Gasteiger partial charge is 0.311 e. The molecule has 12 heavy (non-hydrogen) atoms. The summed E-state index contributed by atoms with van der Waals surface area (Å²) in [4.78, 5) is 11.1. The number of aliphatic hydroxyl groups is 1. The van der Waals surface area contributed by atoms with Crippen LogP contribution in [0, 0.1) is 5.92 Å². The average Bonchev–Trinajstić information content (AvgIpc) is 2.11. The van der Waals surface area contributed by atoms with E-state index in [0.29, 0.717) is 12.8 Å². The maximum atomic E-state index is 11.1. The quantitative estimate of drug-likeness (QED) is 0.640. The number of esters is 1. The van der Waals surface area contributed by atoms with Crippen LogP contribution in [0.2, 0.25) is 0 Å². The Labute approximate surface area is 73.7 Å². The Morgan fingerprint density at radius 3 is 2.42 bits per heavy atom. The Bertz CT molecular complexity index is 134. The van der Waals surface area contributed by atoms with Crippen molar-refractivity contribution in [3.05, 3.63) is 0 Å². The summed E-state index contributed by atoms with van der Waals surface area (Å²) in [6, 6.07) is 0. The SMILES string of the molecule is CCCC(C(=O)OC)C(O)CC. The molecule has 0 rings (SSSR count). The molecule has 0 fully saturated rings. The van der Waals surface area contributed by atoms with Crippen molar-refractivity contribution in [1.29, 1.82) is 0 Å².